The van der Waals surface area contributed by atoms with Crippen LogP contribution >= 0.6 is 0 Å². The fourth-order valence-electron chi connectivity index (χ4n) is 4.42. The van der Waals surface area contributed by atoms with E-state index in [-0.39, 0.29) is 30.7 Å². The highest BCUT2D eigenvalue weighted by Crippen LogP contribution is 2.39. The number of rotatable bonds is 5. The van der Waals surface area contributed by atoms with Gasteiger partial charge in [0.1, 0.15) is 17.9 Å². The summed E-state index contributed by atoms with van der Waals surface area (Å²) in [6.45, 7) is 2.07. The van der Waals surface area contributed by atoms with E-state index in [1.165, 1.54) is 17.0 Å². The Morgan fingerprint density at radius 2 is 2.00 bits per heavy atom. The first-order valence-corrected chi connectivity index (χ1v) is 10.2. The summed E-state index contributed by atoms with van der Waals surface area (Å²) in [5, 5.41) is 2.86. The number of carbonyl (C=O) groups excluding carboxylic acids is 3. The summed E-state index contributed by atoms with van der Waals surface area (Å²) in [7, 11) is 0. The lowest BCUT2D eigenvalue weighted by atomic mass is 9.76. The van der Waals surface area contributed by atoms with Crippen LogP contribution in [0.4, 0.5) is 9.18 Å². The van der Waals surface area contributed by atoms with Crippen molar-refractivity contribution in [3.8, 4) is 0 Å². The van der Waals surface area contributed by atoms with Crippen LogP contribution in [0, 0.1) is 5.82 Å². The van der Waals surface area contributed by atoms with Crippen LogP contribution in [0.3, 0.4) is 0 Å². The van der Waals surface area contributed by atoms with Gasteiger partial charge in [0.25, 0.3) is 5.91 Å². The van der Waals surface area contributed by atoms with E-state index in [0.717, 1.165) is 28.9 Å². The van der Waals surface area contributed by atoms with E-state index in [4.69, 9.17) is 0 Å². The largest absolute Gasteiger partial charge is 0.337 e. The van der Waals surface area contributed by atoms with Crippen molar-refractivity contribution in [2.45, 2.75) is 38.3 Å². The fourth-order valence-corrected chi connectivity index (χ4v) is 4.42. The maximum Gasteiger partial charge on any atom is 0.325 e. The summed E-state index contributed by atoms with van der Waals surface area (Å²) in [5.74, 6) is -1.11. The number of imide groups is 1. The number of halogens is 1. The molecule has 30 heavy (non-hydrogen) atoms. The molecule has 2 aromatic rings. The molecule has 4 rings (SSSR count). The smallest absolute Gasteiger partial charge is 0.325 e. The molecule has 0 unspecified atom stereocenters. The van der Waals surface area contributed by atoms with Gasteiger partial charge in [0, 0.05) is 13.1 Å². The van der Waals surface area contributed by atoms with Gasteiger partial charge in [-0.05, 0) is 55.0 Å². The molecule has 1 fully saturated rings. The number of benzene rings is 2. The Morgan fingerprint density at radius 3 is 2.77 bits per heavy atom. The van der Waals surface area contributed by atoms with Crippen LogP contribution in [0.2, 0.25) is 0 Å². The molecule has 1 saturated heterocycles. The molecule has 1 aliphatic carbocycles. The van der Waals surface area contributed by atoms with Crippen LogP contribution in [0.1, 0.15) is 36.5 Å². The van der Waals surface area contributed by atoms with Crippen molar-refractivity contribution in [3.63, 3.8) is 0 Å². The molecule has 156 valence electrons. The molecule has 0 aromatic heterocycles. The summed E-state index contributed by atoms with van der Waals surface area (Å²) >= 11 is 0. The van der Waals surface area contributed by atoms with Gasteiger partial charge >= 0.3 is 6.03 Å². The lowest BCUT2D eigenvalue weighted by Crippen LogP contribution is -2.47. The average Bonchev–Trinajstić information content (AvgIpc) is 2.97. The molecule has 2 aliphatic rings. The molecule has 0 bridgehead atoms. The molecule has 1 atom stereocenters. The third-order valence-corrected chi connectivity index (χ3v) is 5.94. The zero-order chi connectivity index (χ0) is 21.3. The predicted octanol–water partition coefficient (Wildman–Crippen LogP) is 2.96. The highest BCUT2D eigenvalue weighted by Gasteiger charge is 2.54. The summed E-state index contributed by atoms with van der Waals surface area (Å²) < 4.78 is 13.5. The van der Waals surface area contributed by atoms with Gasteiger partial charge in [0.15, 0.2) is 0 Å². The molecular formula is C23H24FN3O3. The lowest BCUT2D eigenvalue weighted by Gasteiger charge is -2.33. The lowest BCUT2D eigenvalue weighted by molar-refractivity contribution is -0.139. The number of nitrogens with zero attached hydrogens (tertiary/aromatic N) is 2. The van der Waals surface area contributed by atoms with E-state index in [9.17, 15) is 18.8 Å². The van der Waals surface area contributed by atoms with Gasteiger partial charge in [0.2, 0.25) is 5.91 Å². The molecule has 1 aliphatic heterocycles. The number of hydrogen-bond donors (Lipinski definition) is 1. The summed E-state index contributed by atoms with van der Waals surface area (Å²) in [5.41, 5.74) is 1.43. The van der Waals surface area contributed by atoms with E-state index >= 15 is 0 Å². The van der Waals surface area contributed by atoms with Crippen LogP contribution in [0.5, 0.6) is 0 Å². The van der Waals surface area contributed by atoms with Crippen LogP contribution in [-0.4, -0.2) is 40.7 Å². The Morgan fingerprint density at radius 1 is 1.20 bits per heavy atom. The van der Waals surface area contributed by atoms with E-state index in [0.29, 0.717) is 18.5 Å². The van der Waals surface area contributed by atoms with Crippen molar-refractivity contribution in [3.05, 3.63) is 71.0 Å². The van der Waals surface area contributed by atoms with E-state index in [1.807, 2.05) is 31.2 Å². The van der Waals surface area contributed by atoms with Crippen LogP contribution < -0.4 is 5.32 Å². The number of nitrogens with one attached hydrogen (secondary N) is 1. The minimum absolute atomic E-state index is 0.213. The third-order valence-electron chi connectivity index (χ3n) is 5.94. The Bertz CT molecular complexity index is 1010. The molecular weight excluding hydrogens is 385 g/mol. The van der Waals surface area contributed by atoms with Crippen LogP contribution in [-0.2, 0) is 28.1 Å². The number of amides is 4. The van der Waals surface area contributed by atoms with Gasteiger partial charge in [-0.25, -0.2) is 9.18 Å². The van der Waals surface area contributed by atoms with Gasteiger partial charge in [-0.2, -0.15) is 0 Å². The van der Waals surface area contributed by atoms with Gasteiger partial charge in [-0.15, -0.1) is 0 Å². The van der Waals surface area contributed by atoms with Gasteiger partial charge in [-0.3, -0.25) is 14.5 Å². The second-order valence-electron chi connectivity index (χ2n) is 7.78. The van der Waals surface area contributed by atoms with Gasteiger partial charge in [-0.1, -0.05) is 36.4 Å². The van der Waals surface area contributed by atoms with Crippen molar-refractivity contribution >= 4 is 17.8 Å². The van der Waals surface area contributed by atoms with E-state index in [2.05, 4.69) is 5.32 Å². The Hall–Kier alpha value is -3.22. The summed E-state index contributed by atoms with van der Waals surface area (Å²) in [6, 6.07) is 13.1. The van der Waals surface area contributed by atoms with Crippen molar-refractivity contribution in [2.75, 3.05) is 13.1 Å². The first kappa shape index (κ1) is 20.1. The number of hydrogen-bond acceptors (Lipinski definition) is 3. The molecule has 1 N–H and O–H groups in total. The Labute approximate surface area is 174 Å². The number of urea groups is 1. The molecule has 0 saturated carbocycles. The van der Waals surface area contributed by atoms with E-state index in [1.54, 1.807) is 12.1 Å². The minimum Gasteiger partial charge on any atom is -0.337 e. The van der Waals surface area contributed by atoms with Gasteiger partial charge in [0.05, 0.1) is 0 Å². The number of carbonyl (C=O) groups is 3. The monoisotopic (exact) mass is 409 g/mol. The summed E-state index contributed by atoms with van der Waals surface area (Å²) in [4.78, 5) is 41.4. The second-order valence-corrected chi connectivity index (χ2v) is 7.78. The molecule has 0 radical (unpaired) electrons. The van der Waals surface area contributed by atoms with Crippen molar-refractivity contribution < 1.29 is 18.8 Å². The zero-order valence-electron chi connectivity index (χ0n) is 16.9. The normalized spacial score (nSPS) is 20.3. The quantitative estimate of drug-likeness (QED) is 0.772. The first-order valence-electron chi connectivity index (χ1n) is 10.2. The van der Waals surface area contributed by atoms with Gasteiger partial charge < -0.3 is 10.2 Å². The maximum absolute atomic E-state index is 13.5. The maximum atomic E-state index is 13.5. The first-order chi connectivity index (χ1) is 14.4. The Kier molecular flexibility index (Phi) is 5.28. The zero-order valence-corrected chi connectivity index (χ0v) is 16.9. The van der Waals surface area contributed by atoms with Crippen LogP contribution in [0.25, 0.3) is 0 Å². The molecule has 4 amide bonds. The van der Waals surface area contributed by atoms with Crippen LogP contribution in [0.15, 0.2) is 48.5 Å². The average molecular weight is 409 g/mol. The Balaban J connectivity index is 1.53. The van der Waals surface area contributed by atoms with Crippen molar-refractivity contribution in [1.82, 2.24) is 15.1 Å². The standard InChI is InChI=1S/C23H24FN3O3/c1-2-26(14-16-7-5-10-18(24)13-16)20(28)15-27-21(29)23(25-22(27)30)12-6-9-17-8-3-4-11-19(17)23/h3-5,7-8,10-11,13H,2,6,9,12,14-15H2,1H3,(H,25,30)/t23-/m1/s1. The molecule has 1 spiro atoms. The SMILES string of the molecule is CCN(Cc1cccc(F)c1)C(=O)CN1C(=O)N[C@@]2(CCCc3ccccc32)C1=O. The molecule has 7 heteroatoms. The van der Waals surface area contributed by atoms with E-state index < -0.39 is 11.6 Å². The molecule has 1 heterocycles. The summed E-state index contributed by atoms with van der Waals surface area (Å²) in [6.07, 6.45) is 2.16. The van der Waals surface area contributed by atoms with Crippen molar-refractivity contribution in [1.29, 1.82) is 0 Å². The predicted molar refractivity (Wildman–Crippen MR) is 109 cm³/mol. The molecule has 6 nitrogen and oxygen atoms in total. The minimum atomic E-state index is -1.09. The van der Waals surface area contributed by atoms with Crippen molar-refractivity contribution in [2.24, 2.45) is 0 Å². The highest BCUT2D eigenvalue weighted by molar-refractivity contribution is 6.09. The highest BCUT2D eigenvalue weighted by atomic mass is 19.1. The number of aryl methyl sites for hydroxylation is 1. The fraction of sp³-hybridized carbons (Fsp3) is 0.348. The third kappa shape index (κ3) is 3.44. The number of likely N-dealkylation sites (N-methyl/N-ethyl adjacent to an activating group) is 1. The second kappa shape index (κ2) is 7.89. The number of fused-ring (bicyclic) bond motifs is 2. The molecule has 2 aromatic carbocycles. The topological polar surface area (TPSA) is 69.7 Å².